The smallest absolute Gasteiger partial charge is 0.138 e. The molecule has 2 nitrogen and oxygen atoms in total. The van der Waals surface area contributed by atoms with Crippen LogP contribution in [-0.2, 0) is 0 Å². The molecule has 0 fully saturated rings. The van der Waals surface area contributed by atoms with Crippen LogP contribution in [0.3, 0.4) is 0 Å². The minimum atomic E-state index is -0.800. The number of furan rings is 1. The molecule has 1 atom stereocenters. The summed E-state index contributed by atoms with van der Waals surface area (Å²) in [5, 5.41) is 12.1. The minimum absolute atomic E-state index is 0.512. The molecule has 0 aliphatic carbocycles. The maximum absolute atomic E-state index is 10.5. The molecule has 0 bridgehead atoms. The van der Waals surface area contributed by atoms with Gasteiger partial charge in [-0.15, -0.1) is 0 Å². The van der Waals surface area contributed by atoms with Crippen molar-refractivity contribution in [3.63, 3.8) is 0 Å². The Morgan fingerprint density at radius 1 is 1.15 bits per heavy atom. The van der Waals surface area contributed by atoms with Crippen molar-refractivity contribution in [2.75, 3.05) is 0 Å². The lowest BCUT2D eigenvalue weighted by Gasteiger charge is -2.10. The highest BCUT2D eigenvalue weighted by atomic mass is 127. The summed E-state index contributed by atoms with van der Waals surface area (Å²) < 4.78 is 7.61. The molecule has 0 aliphatic rings. The normalized spacial score (nSPS) is 12.8. The molecule has 102 valence electrons. The molecular weight excluding hydrogens is 454 g/mol. The summed E-state index contributed by atoms with van der Waals surface area (Å²) in [6, 6.07) is 13.0. The first kappa shape index (κ1) is 14.4. The maximum atomic E-state index is 10.5. The summed E-state index contributed by atoms with van der Waals surface area (Å²) in [7, 11) is 0. The summed E-state index contributed by atoms with van der Waals surface area (Å²) >= 11 is 11.6. The topological polar surface area (TPSA) is 33.4 Å². The van der Waals surface area contributed by atoms with Gasteiger partial charge in [0.25, 0.3) is 0 Å². The van der Waals surface area contributed by atoms with Gasteiger partial charge in [-0.1, -0.05) is 27.5 Å². The van der Waals surface area contributed by atoms with Crippen LogP contribution in [0.15, 0.2) is 51.4 Å². The second-order valence-electron chi connectivity index (χ2n) is 4.40. The van der Waals surface area contributed by atoms with Gasteiger partial charge in [-0.3, -0.25) is 0 Å². The van der Waals surface area contributed by atoms with Crippen LogP contribution in [0.1, 0.15) is 17.4 Å². The van der Waals surface area contributed by atoms with Crippen LogP contribution in [0.25, 0.3) is 11.0 Å². The quantitative estimate of drug-likeness (QED) is 0.507. The van der Waals surface area contributed by atoms with E-state index in [0.717, 1.165) is 19.0 Å². The molecule has 0 aliphatic heterocycles. The van der Waals surface area contributed by atoms with E-state index in [0.29, 0.717) is 16.4 Å². The van der Waals surface area contributed by atoms with Crippen LogP contribution in [0.2, 0.25) is 5.02 Å². The fraction of sp³-hybridized carbons (Fsp3) is 0.0667. The van der Waals surface area contributed by atoms with Gasteiger partial charge in [0.05, 0.1) is 0 Å². The number of benzene rings is 2. The monoisotopic (exact) mass is 462 g/mol. The van der Waals surface area contributed by atoms with Crippen molar-refractivity contribution in [1.82, 2.24) is 0 Å². The predicted octanol–water partition coefficient (Wildman–Crippen LogP) is 5.54. The lowest BCUT2D eigenvalue weighted by atomic mass is 10.1. The van der Waals surface area contributed by atoms with Crippen molar-refractivity contribution in [2.24, 2.45) is 0 Å². The summed E-state index contributed by atoms with van der Waals surface area (Å²) in [6.45, 7) is 0. The van der Waals surface area contributed by atoms with Gasteiger partial charge in [-0.25, -0.2) is 0 Å². The number of aliphatic hydroxyl groups excluding tert-OH is 1. The highest BCUT2D eigenvalue weighted by Gasteiger charge is 2.18. The third-order valence-corrected chi connectivity index (χ3v) is 4.73. The molecule has 0 saturated carbocycles. The van der Waals surface area contributed by atoms with Crippen LogP contribution >= 0.6 is 50.1 Å². The van der Waals surface area contributed by atoms with Gasteiger partial charge in [0, 0.05) is 24.0 Å². The Morgan fingerprint density at radius 3 is 2.75 bits per heavy atom. The number of hydrogen-bond acceptors (Lipinski definition) is 2. The molecule has 3 aromatic rings. The van der Waals surface area contributed by atoms with Gasteiger partial charge >= 0.3 is 0 Å². The zero-order valence-corrected chi connectivity index (χ0v) is 14.6. The Bertz CT molecular complexity index is 785. The van der Waals surface area contributed by atoms with Gasteiger partial charge in [0.15, 0.2) is 0 Å². The van der Waals surface area contributed by atoms with Crippen LogP contribution in [0.5, 0.6) is 0 Å². The summed E-state index contributed by atoms with van der Waals surface area (Å²) in [4.78, 5) is 0. The van der Waals surface area contributed by atoms with Crippen molar-refractivity contribution in [1.29, 1.82) is 0 Å². The zero-order valence-electron chi connectivity index (χ0n) is 10.1. The average Bonchev–Trinajstić information content (AvgIpc) is 2.83. The fourth-order valence-electron chi connectivity index (χ4n) is 2.05. The summed E-state index contributed by atoms with van der Waals surface area (Å²) in [5.74, 6) is 0.512. The number of aliphatic hydroxyl groups is 1. The Hall–Kier alpha value is -0.560. The van der Waals surface area contributed by atoms with Gasteiger partial charge in [0.1, 0.15) is 17.4 Å². The van der Waals surface area contributed by atoms with E-state index in [2.05, 4.69) is 38.5 Å². The van der Waals surface area contributed by atoms with Crippen LogP contribution < -0.4 is 0 Å². The van der Waals surface area contributed by atoms with E-state index in [9.17, 15) is 5.11 Å². The van der Waals surface area contributed by atoms with E-state index in [4.69, 9.17) is 16.0 Å². The molecule has 0 saturated heterocycles. The van der Waals surface area contributed by atoms with Crippen molar-refractivity contribution < 1.29 is 9.52 Å². The molecule has 1 aromatic heterocycles. The van der Waals surface area contributed by atoms with E-state index in [1.54, 1.807) is 12.1 Å². The summed E-state index contributed by atoms with van der Waals surface area (Å²) in [6.07, 6.45) is -0.800. The molecule has 3 rings (SSSR count). The van der Waals surface area contributed by atoms with Gasteiger partial charge in [0.2, 0.25) is 0 Å². The molecule has 1 N–H and O–H groups in total. The van der Waals surface area contributed by atoms with E-state index in [-0.39, 0.29) is 0 Å². The van der Waals surface area contributed by atoms with E-state index >= 15 is 0 Å². The van der Waals surface area contributed by atoms with Gasteiger partial charge < -0.3 is 9.52 Å². The van der Waals surface area contributed by atoms with Crippen molar-refractivity contribution >= 4 is 61.1 Å². The summed E-state index contributed by atoms with van der Waals surface area (Å²) in [5.41, 5.74) is 1.53. The highest BCUT2D eigenvalue weighted by Crippen LogP contribution is 2.32. The minimum Gasteiger partial charge on any atom is -0.458 e. The molecule has 0 amide bonds. The first-order valence-electron chi connectivity index (χ1n) is 5.86. The molecule has 1 heterocycles. The second-order valence-corrected chi connectivity index (χ2v) is 6.91. The number of hydrogen-bond donors (Lipinski definition) is 1. The Kier molecular flexibility index (Phi) is 4.08. The zero-order chi connectivity index (χ0) is 14.3. The van der Waals surface area contributed by atoms with E-state index < -0.39 is 6.10 Å². The van der Waals surface area contributed by atoms with E-state index in [1.165, 1.54) is 0 Å². The molecule has 0 radical (unpaired) electrons. The number of rotatable bonds is 2. The van der Waals surface area contributed by atoms with Crippen LogP contribution in [-0.4, -0.2) is 5.11 Å². The molecule has 20 heavy (non-hydrogen) atoms. The largest absolute Gasteiger partial charge is 0.458 e. The fourth-order valence-corrected chi connectivity index (χ4v) is 3.24. The molecular formula is C15H9BrClIO2. The second kappa shape index (κ2) is 5.67. The lowest BCUT2D eigenvalue weighted by molar-refractivity contribution is 0.191. The molecule has 0 spiro atoms. The first-order valence-corrected chi connectivity index (χ1v) is 8.11. The van der Waals surface area contributed by atoms with Crippen molar-refractivity contribution in [2.45, 2.75) is 6.10 Å². The first-order chi connectivity index (χ1) is 9.54. The van der Waals surface area contributed by atoms with E-state index in [1.807, 2.05) is 30.3 Å². The van der Waals surface area contributed by atoms with Crippen LogP contribution in [0.4, 0.5) is 0 Å². The van der Waals surface area contributed by atoms with Crippen molar-refractivity contribution in [3.8, 4) is 0 Å². The van der Waals surface area contributed by atoms with Gasteiger partial charge in [-0.05, 0) is 65.1 Å². The van der Waals surface area contributed by atoms with Crippen LogP contribution in [0, 0.1) is 3.57 Å². The molecule has 5 heteroatoms. The standard InChI is InChI=1S/C15H9BrClIO2/c16-9-1-3-12(18)11(7-9)15(19)14-6-8-5-10(17)2-4-13(8)20-14/h1-7,15,19H. The molecule has 1 unspecified atom stereocenters. The Labute approximate surface area is 143 Å². The SMILES string of the molecule is OC(c1cc2cc(Cl)ccc2o1)c1cc(Br)ccc1I. The third-order valence-electron chi connectivity index (χ3n) is 3.02. The maximum Gasteiger partial charge on any atom is 0.138 e. The predicted molar refractivity (Wildman–Crippen MR) is 92.1 cm³/mol. The average molecular weight is 463 g/mol. The highest BCUT2D eigenvalue weighted by molar-refractivity contribution is 14.1. The van der Waals surface area contributed by atoms with Crippen molar-refractivity contribution in [3.05, 3.63) is 66.9 Å². The Balaban J connectivity index is 2.07. The molecule has 2 aromatic carbocycles. The number of fused-ring (bicyclic) bond motifs is 1. The lowest BCUT2D eigenvalue weighted by Crippen LogP contribution is -2.00. The van der Waals surface area contributed by atoms with Gasteiger partial charge in [-0.2, -0.15) is 0 Å². The number of halogens is 3. The Morgan fingerprint density at radius 2 is 1.95 bits per heavy atom. The third kappa shape index (κ3) is 2.74.